The number of nitrogens with one attached hydrogen (secondary N) is 1. The number of rotatable bonds is 4. The van der Waals surface area contributed by atoms with Gasteiger partial charge < -0.3 is 14.5 Å². The third kappa shape index (κ3) is 3.04. The van der Waals surface area contributed by atoms with Crippen molar-refractivity contribution in [1.82, 2.24) is 19.4 Å². The number of nitrogens with zero attached hydrogens (tertiary/aromatic N) is 3. The van der Waals surface area contributed by atoms with Crippen LogP contribution in [-0.2, 0) is 13.1 Å². The molecule has 2 heterocycles. The van der Waals surface area contributed by atoms with Crippen molar-refractivity contribution in [1.29, 1.82) is 0 Å². The molecule has 0 radical (unpaired) electrons. The molecule has 0 aliphatic carbocycles. The van der Waals surface area contributed by atoms with Crippen molar-refractivity contribution in [2.24, 2.45) is 0 Å². The van der Waals surface area contributed by atoms with Crippen LogP contribution >= 0.6 is 0 Å². The van der Waals surface area contributed by atoms with Crippen LogP contribution in [0.2, 0.25) is 0 Å². The lowest BCUT2D eigenvalue weighted by atomic mass is 10.2. The Hall–Kier alpha value is -2.37. The molecule has 6 heteroatoms. The summed E-state index contributed by atoms with van der Waals surface area (Å²) in [4.78, 5) is 33.5. The van der Waals surface area contributed by atoms with Gasteiger partial charge in [-0.05, 0) is 32.9 Å². The maximum absolute atomic E-state index is 12.4. The van der Waals surface area contributed by atoms with Crippen LogP contribution in [0.1, 0.15) is 34.5 Å². The van der Waals surface area contributed by atoms with E-state index in [4.69, 9.17) is 0 Å². The molecule has 0 atom stereocenters. The van der Waals surface area contributed by atoms with Gasteiger partial charge >= 0.3 is 0 Å². The molecule has 2 aromatic rings. The van der Waals surface area contributed by atoms with E-state index in [1.54, 1.807) is 29.9 Å². The molecule has 0 saturated heterocycles. The lowest BCUT2D eigenvalue weighted by Gasteiger charge is -2.17. The van der Waals surface area contributed by atoms with Gasteiger partial charge in [0, 0.05) is 31.2 Å². The third-order valence-electron chi connectivity index (χ3n) is 3.43. The summed E-state index contributed by atoms with van der Waals surface area (Å²) >= 11 is 0. The van der Waals surface area contributed by atoms with Gasteiger partial charge in [0.25, 0.3) is 11.5 Å². The number of imidazole rings is 1. The number of hydrogen-bond donors (Lipinski definition) is 1. The zero-order chi connectivity index (χ0) is 15.6. The second-order valence-electron chi connectivity index (χ2n) is 5.11. The Kier molecular flexibility index (Phi) is 4.26. The van der Waals surface area contributed by atoms with Crippen LogP contribution < -0.4 is 5.56 Å². The number of hydrogen-bond acceptors (Lipinski definition) is 3. The average Bonchev–Trinajstić information content (AvgIpc) is 2.84. The standard InChI is InChI=1S/C15H20N4O2/c1-5-19-11(3)6-7-12(15(19)21)14(20)18(4)9-13-16-8-10(2)17-13/h6-8H,5,9H2,1-4H3,(H,16,17). The van der Waals surface area contributed by atoms with Crippen molar-refractivity contribution in [2.45, 2.75) is 33.9 Å². The Balaban J connectivity index is 2.25. The van der Waals surface area contributed by atoms with Crippen molar-refractivity contribution in [3.63, 3.8) is 0 Å². The van der Waals surface area contributed by atoms with Gasteiger partial charge in [0.15, 0.2) is 0 Å². The quantitative estimate of drug-likeness (QED) is 0.926. The van der Waals surface area contributed by atoms with Crippen molar-refractivity contribution in [2.75, 3.05) is 7.05 Å². The second kappa shape index (κ2) is 5.95. The Morgan fingerprint density at radius 2 is 2.10 bits per heavy atom. The van der Waals surface area contributed by atoms with E-state index in [1.807, 2.05) is 20.8 Å². The minimum atomic E-state index is -0.295. The summed E-state index contributed by atoms with van der Waals surface area (Å²) in [6.07, 6.45) is 1.71. The lowest BCUT2D eigenvalue weighted by Crippen LogP contribution is -2.34. The molecule has 0 aliphatic rings. The zero-order valence-corrected chi connectivity index (χ0v) is 12.8. The molecule has 0 aliphatic heterocycles. The summed E-state index contributed by atoms with van der Waals surface area (Å²) < 4.78 is 1.60. The van der Waals surface area contributed by atoms with Crippen molar-refractivity contribution in [3.8, 4) is 0 Å². The summed E-state index contributed by atoms with van der Waals surface area (Å²) in [5, 5.41) is 0. The Morgan fingerprint density at radius 3 is 2.67 bits per heavy atom. The SMILES string of the molecule is CCn1c(C)ccc(C(=O)N(C)Cc2ncc(C)[nH]2)c1=O. The average molecular weight is 288 g/mol. The first-order valence-electron chi connectivity index (χ1n) is 6.90. The highest BCUT2D eigenvalue weighted by atomic mass is 16.2. The normalized spacial score (nSPS) is 10.7. The van der Waals surface area contributed by atoms with Crippen LogP contribution in [0, 0.1) is 13.8 Å². The minimum Gasteiger partial charge on any atom is -0.345 e. The first kappa shape index (κ1) is 15.0. The molecule has 1 amide bonds. The third-order valence-corrected chi connectivity index (χ3v) is 3.43. The van der Waals surface area contributed by atoms with E-state index in [0.717, 1.165) is 11.4 Å². The fourth-order valence-electron chi connectivity index (χ4n) is 2.28. The monoisotopic (exact) mass is 288 g/mol. The molecule has 0 aromatic carbocycles. The maximum Gasteiger partial charge on any atom is 0.263 e. The number of carbonyl (C=O) groups excluding carboxylic acids is 1. The van der Waals surface area contributed by atoms with Gasteiger partial charge in [-0.25, -0.2) is 4.98 Å². The Morgan fingerprint density at radius 1 is 1.38 bits per heavy atom. The second-order valence-corrected chi connectivity index (χ2v) is 5.11. The molecule has 0 saturated carbocycles. The van der Waals surface area contributed by atoms with Crippen molar-refractivity contribution < 1.29 is 4.79 Å². The van der Waals surface area contributed by atoms with Crippen molar-refractivity contribution in [3.05, 3.63) is 51.5 Å². The number of aromatic amines is 1. The lowest BCUT2D eigenvalue weighted by molar-refractivity contribution is 0.0779. The Labute approximate surface area is 123 Å². The highest BCUT2D eigenvalue weighted by molar-refractivity contribution is 5.93. The smallest absolute Gasteiger partial charge is 0.263 e. The van der Waals surface area contributed by atoms with Gasteiger partial charge in [-0.15, -0.1) is 0 Å². The topological polar surface area (TPSA) is 71.0 Å². The van der Waals surface area contributed by atoms with E-state index < -0.39 is 0 Å². The molecule has 21 heavy (non-hydrogen) atoms. The zero-order valence-electron chi connectivity index (χ0n) is 12.8. The number of H-pyrrole nitrogens is 1. The van der Waals surface area contributed by atoms with Gasteiger partial charge in [0.2, 0.25) is 0 Å². The van der Waals surface area contributed by atoms with Gasteiger partial charge in [0.05, 0.1) is 6.54 Å². The molecule has 112 valence electrons. The van der Waals surface area contributed by atoms with Crippen LogP contribution in [0.25, 0.3) is 0 Å². The van der Waals surface area contributed by atoms with Gasteiger partial charge in [0.1, 0.15) is 11.4 Å². The van der Waals surface area contributed by atoms with Crippen molar-refractivity contribution >= 4 is 5.91 Å². The number of aryl methyl sites for hydroxylation is 2. The molecule has 0 bridgehead atoms. The number of pyridine rings is 1. The van der Waals surface area contributed by atoms with E-state index in [-0.39, 0.29) is 17.0 Å². The van der Waals surface area contributed by atoms with Crippen LogP contribution in [0.3, 0.4) is 0 Å². The van der Waals surface area contributed by atoms with E-state index in [2.05, 4.69) is 9.97 Å². The number of aromatic nitrogens is 3. The summed E-state index contributed by atoms with van der Waals surface area (Å²) in [6.45, 7) is 6.53. The van der Waals surface area contributed by atoms with Gasteiger partial charge in [-0.1, -0.05) is 0 Å². The van der Waals surface area contributed by atoms with E-state index in [9.17, 15) is 9.59 Å². The molecule has 1 N–H and O–H groups in total. The molecular formula is C15H20N4O2. The van der Waals surface area contributed by atoms with Crippen LogP contribution in [0.5, 0.6) is 0 Å². The van der Waals surface area contributed by atoms with E-state index in [0.29, 0.717) is 18.9 Å². The molecule has 0 spiro atoms. The summed E-state index contributed by atoms with van der Waals surface area (Å²) in [5.41, 5.74) is 1.73. The predicted octanol–water partition coefficient (Wildman–Crippen LogP) is 1.48. The first-order valence-corrected chi connectivity index (χ1v) is 6.90. The summed E-state index contributed by atoms with van der Waals surface area (Å²) in [7, 11) is 1.66. The fourth-order valence-corrected chi connectivity index (χ4v) is 2.28. The summed E-state index contributed by atoms with van der Waals surface area (Å²) in [5.74, 6) is 0.405. The van der Waals surface area contributed by atoms with E-state index >= 15 is 0 Å². The molecule has 6 nitrogen and oxygen atoms in total. The molecular weight excluding hydrogens is 268 g/mol. The predicted molar refractivity (Wildman–Crippen MR) is 80.2 cm³/mol. The number of carbonyl (C=O) groups is 1. The molecule has 0 unspecified atom stereocenters. The summed E-state index contributed by atoms with van der Waals surface area (Å²) in [6, 6.07) is 3.39. The maximum atomic E-state index is 12.4. The van der Waals surface area contributed by atoms with Gasteiger partial charge in [-0.2, -0.15) is 0 Å². The minimum absolute atomic E-state index is 0.188. The number of amides is 1. The van der Waals surface area contributed by atoms with E-state index in [1.165, 1.54) is 4.90 Å². The van der Waals surface area contributed by atoms with Gasteiger partial charge in [-0.3, -0.25) is 9.59 Å². The molecule has 2 aromatic heterocycles. The highest BCUT2D eigenvalue weighted by Crippen LogP contribution is 2.05. The van der Waals surface area contributed by atoms with Crippen LogP contribution in [-0.4, -0.2) is 32.4 Å². The molecule has 0 fully saturated rings. The Bertz CT molecular complexity index is 715. The highest BCUT2D eigenvalue weighted by Gasteiger charge is 2.18. The largest absolute Gasteiger partial charge is 0.345 e. The van der Waals surface area contributed by atoms with Crippen LogP contribution in [0.4, 0.5) is 0 Å². The fraction of sp³-hybridized carbons (Fsp3) is 0.400. The van der Waals surface area contributed by atoms with Crippen LogP contribution in [0.15, 0.2) is 23.1 Å². The molecule has 2 rings (SSSR count). The first-order chi connectivity index (χ1) is 9.93.